The SMILES string of the molecule is COc1ccc(-c2cc(N)nn2C(C)C)cc1. The van der Waals surface area contributed by atoms with Crippen LogP contribution >= 0.6 is 0 Å². The average molecular weight is 231 g/mol. The minimum atomic E-state index is 0.282. The van der Waals surface area contributed by atoms with Gasteiger partial charge in [0.05, 0.1) is 12.8 Å². The van der Waals surface area contributed by atoms with Crippen LogP contribution in [0, 0.1) is 0 Å². The molecule has 2 N–H and O–H groups in total. The van der Waals surface area contributed by atoms with Crippen LogP contribution in [0.15, 0.2) is 30.3 Å². The van der Waals surface area contributed by atoms with Gasteiger partial charge in [0.2, 0.25) is 0 Å². The maximum atomic E-state index is 5.75. The predicted octanol–water partition coefficient (Wildman–Crippen LogP) is 2.72. The lowest BCUT2D eigenvalue weighted by atomic mass is 10.1. The summed E-state index contributed by atoms with van der Waals surface area (Å²) in [5.41, 5.74) is 7.87. The summed E-state index contributed by atoms with van der Waals surface area (Å²) < 4.78 is 7.07. The molecule has 0 fully saturated rings. The number of rotatable bonds is 3. The van der Waals surface area contributed by atoms with E-state index in [1.54, 1.807) is 7.11 Å². The van der Waals surface area contributed by atoms with Crippen LogP contribution in [0.3, 0.4) is 0 Å². The highest BCUT2D eigenvalue weighted by molar-refractivity contribution is 5.63. The zero-order chi connectivity index (χ0) is 12.4. The topological polar surface area (TPSA) is 53.1 Å². The van der Waals surface area contributed by atoms with Crippen LogP contribution in [-0.2, 0) is 0 Å². The standard InChI is InChI=1S/C13H17N3O/c1-9(2)16-12(8-13(14)15-16)10-4-6-11(17-3)7-5-10/h4-9H,1-3H3,(H2,14,15). The number of nitrogens with two attached hydrogens (primary N) is 1. The molecular formula is C13H17N3O. The average Bonchev–Trinajstić information content (AvgIpc) is 2.72. The first kappa shape index (κ1) is 11.5. The summed E-state index contributed by atoms with van der Waals surface area (Å²) in [6.45, 7) is 4.17. The first-order chi connectivity index (χ1) is 8.11. The van der Waals surface area contributed by atoms with Gasteiger partial charge in [-0.2, -0.15) is 5.10 Å². The molecule has 1 aromatic carbocycles. The molecule has 1 heterocycles. The van der Waals surface area contributed by atoms with Gasteiger partial charge in [0.1, 0.15) is 11.6 Å². The van der Waals surface area contributed by atoms with Crippen molar-refractivity contribution in [1.29, 1.82) is 0 Å². The minimum Gasteiger partial charge on any atom is -0.497 e. The van der Waals surface area contributed by atoms with Crippen molar-refractivity contribution in [2.24, 2.45) is 0 Å². The Hall–Kier alpha value is -1.97. The lowest BCUT2D eigenvalue weighted by molar-refractivity contribution is 0.415. The van der Waals surface area contributed by atoms with Gasteiger partial charge in [0.25, 0.3) is 0 Å². The first-order valence-corrected chi connectivity index (χ1v) is 5.61. The monoisotopic (exact) mass is 231 g/mol. The van der Waals surface area contributed by atoms with Gasteiger partial charge in [0, 0.05) is 17.7 Å². The number of nitrogens with zero attached hydrogens (tertiary/aromatic N) is 2. The Labute approximate surface area is 101 Å². The molecule has 0 amide bonds. The number of aromatic nitrogens is 2. The fourth-order valence-corrected chi connectivity index (χ4v) is 1.78. The summed E-state index contributed by atoms with van der Waals surface area (Å²) in [4.78, 5) is 0. The fraction of sp³-hybridized carbons (Fsp3) is 0.308. The molecule has 1 aromatic heterocycles. The lowest BCUT2D eigenvalue weighted by Crippen LogP contribution is -2.05. The van der Waals surface area contributed by atoms with Crippen molar-refractivity contribution in [1.82, 2.24) is 9.78 Å². The molecule has 0 bridgehead atoms. The molecule has 0 aliphatic heterocycles. The zero-order valence-electron chi connectivity index (χ0n) is 10.3. The van der Waals surface area contributed by atoms with Crippen molar-refractivity contribution < 1.29 is 4.74 Å². The van der Waals surface area contributed by atoms with Gasteiger partial charge in [-0.3, -0.25) is 4.68 Å². The minimum absolute atomic E-state index is 0.282. The fourth-order valence-electron chi connectivity index (χ4n) is 1.78. The number of ether oxygens (including phenoxy) is 1. The number of hydrogen-bond donors (Lipinski definition) is 1. The zero-order valence-corrected chi connectivity index (χ0v) is 10.3. The molecule has 0 saturated heterocycles. The second kappa shape index (κ2) is 4.49. The summed E-state index contributed by atoms with van der Waals surface area (Å²) in [5, 5.41) is 4.29. The molecular weight excluding hydrogens is 214 g/mol. The lowest BCUT2D eigenvalue weighted by Gasteiger charge is -2.11. The Bertz CT molecular complexity index is 500. The van der Waals surface area contributed by atoms with Gasteiger partial charge in [0.15, 0.2) is 0 Å². The van der Waals surface area contributed by atoms with Crippen molar-refractivity contribution in [3.05, 3.63) is 30.3 Å². The van der Waals surface area contributed by atoms with E-state index in [0.29, 0.717) is 5.82 Å². The van der Waals surface area contributed by atoms with Crippen LogP contribution in [0.1, 0.15) is 19.9 Å². The molecule has 0 atom stereocenters. The molecule has 0 aliphatic rings. The Balaban J connectivity index is 2.44. The molecule has 17 heavy (non-hydrogen) atoms. The summed E-state index contributed by atoms with van der Waals surface area (Å²) in [5.74, 6) is 1.39. The number of anilines is 1. The normalized spacial score (nSPS) is 10.8. The van der Waals surface area contributed by atoms with E-state index in [9.17, 15) is 0 Å². The van der Waals surface area contributed by atoms with Crippen molar-refractivity contribution in [3.8, 4) is 17.0 Å². The molecule has 0 spiro atoms. The van der Waals surface area contributed by atoms with E-state index >= 15 is 0 Å². The van der Waals surface area contributed by atoms with E-state index in [1.807, 2.05) is 35.0 Å². The van der Waals surface area contributed by atoms with Crippen molar-refractivity contribution >= 4 is 5.82 Å². The van der Waals surface area contributed by atoms with Crippen LogP contribution < -0.4 is 10.5 Å². The van der Waals surface area contributed by atoms with Gasteiger partial charge in [-0.05, 0) is 38.1 Å². The van der Waals surface area contributed by atoms with Crippen molar-refractivity contribution in [3.63, 3.8) is 0 Å². The number of methoxy groups -OCH3 is 1. The van der Waals surface area contributed by atoms with Gasteiger partial charge in [-0.15, -0.1) is 0 Å². The second-order valence-electron chi connectivity index (χ2n) is 4.22. The number of hydrogen-bond acceptors (Lipinski definition) is 3. The van der Waals surface area contributed by atoms with E-state index in [-0.39, 0.29) is 6.04 Å². The Morgan fingerprint density at radius 2 is 1.88 bits per heavy atom. The largest absolute Gasteiger partial charge is 0.497 e. The van der Waals surface area contributed by atoms with Crippen LogP contribution in [-0.4, -0.2) is 16.9 Å². The van der Waals surface area contributed by atoms with Gasteiger partial charge in [-0.25, -0.2) is 0 Å². The second-order valence-corrected chi connectivity index (χ2v) is 4.22. The molecule has 2 aromatic rings. The third kappa shape index (κ3) is 2.25. The van der Waals surface area contributed by atoms with E-state index in [0.717, 1.165) is 17.0 Å². The van der Waals surface area contributed by atoms with Crippen LogP contribution in [0.2, 0.25) is 0 Å². The van der Waals surface area contributed by atoms with Crippen LogP contribution in [0.5, 0.6) is 5.75 Å². The highest BCUT2D eigenvalue weighted by Gasteiger charge is 2.10. The third-order valence-electron chi connectivity index (χ3n) is 2.63. The molecule has 2 rings (SSSR count). The molecule has 0 aliphatic carbocycles. The Morgan fingerprint density at radius 3 is 2.41 bits per heavy atom. The molecule has 0 saturated carbocycles. The molecule has 4 nitrogen and oxygen atoms in total. The Kier molecular flexibility index (Phi) is 3.04. The summed E-state index contributed by atoms with van der Waals surface area (Å²) in [6, 6.07) is 10.1. The highest BCUT2D eigenvalue weighted by atomic mass is 16.5. The van der Waals surface area contributed by atoms with Gasteiger partial charge >= 0.3 is 0 Å². The van der Waals surface area contributed by atoms with E-state index < -0.39 is 0 Å². The quantitative estimate of drug-likeness (QED) is 0.883. The van der Waals surface area contributed by atoms with Gasteiger partial charge < -0.3 is 10.5 Å². The number of nitrogen functional groups attached to an aromatic ring is 1. The van der Waals surface area contributed by atoms with Crippen molar-refractivity contribution in [2.45, 2.75) is 19.9 Å². The Morgan fingerprint density at radius 1 is 1.24 bits per heavy atom. The van der Waals surface area contributed by atoms with Crippen molar-refractivity contribution in [2.75, 3.05) is 12.8 Å². The molecule has 90 valence electrons. The third-order valence-corrected chi connectivity index (χ3v) is 2.63. The maximum absolute atomic E-state index is 5.75. The molecule has 0 radical (unpaired) electrons. The summed E-state index contributed by atoms with van der Waals surface area (Å²) >= 11 is 0. The predicted molar refractivity (Wildman–Crippen MR) is 69.0 cm³/mol. The first-order valence-electron chi connectivity index (χ1n) is 5.61. The summed E-state index contributed by atoms with van der Waals surface area (Å²) in [7, 11) is 1.66. The van der Waals surface area contributed by atoms with Crippen LogP contribution in [0.25, 0.3) is 11.3 Å². The summed E-state index contributed by atoms with van der Waals surface area (Å²) in [6.07, 6.45) is 0. The van der Waals surface area contributed by atoms with Gasteiger partial charge in [-0.1, -0.05) is 0 Å². The number of benzene rings is 1. The van der Waals surface area contributed by atoms with E-state index in [4.69, 9.17) is 10.5 Å². The highest BCUT2D eigenvalue weighted by Crippen LogP contribution is 2.26. The molecule has 0 unspecified atom stereocenters. The smallest absolute Gasteiger partial charge is 0.146 e. The van der Waals surface area contributed by atoms with Crippen LogP contribution in [0.4, 0.5) is 5.82 Å². The van der Waals surface area contributed by atoms with E-state index in [2.05, 4.69) is 18.9 Å². The maximum Gasteiger partial charge on any atom is 0.146 e. The van der Waals surface area contributed by atoms with E-state index in [1.165, 1.54) is 0 Å². The molecule has 4 heteroatoms.